The van der Waals surface area contributed by atoms with Crippen LogP contribution in [-0.2, 0) is 0 Å². The van der Waals surface area contributed by atoms with Gasteiger partial charge >= 0.3 is 0 Å². The third-order valence-electron chi connectivity index (χ3n) is 3.90. The number of hydrazine groups is 1. The van der Waals surface area contributed by atoms with E-state index in [1.54, 1.807) is 0 Å². The molecule has 0 aromatic rings. The van der Waals surface area contributed by atoms with Crippen molar-refractivity contribution in [2.24, 2.45) is 5.92 Å². The lowest BCUT2D eigenvalue weighted by molar-refractivity contribution is -0.0612. The molecular formula is C12H24N2. The summed E-state index contributed by atoms with van der Waals surface area (Å²) in [5.41, 5.74) is 0. The molecule has 2 heterocycles. The van der Waals surface area contributed by atoms with Crippen molar-refractivity contribution in [2.45, 2.75) is 45.4 Å². The van der Waals surface area contributed by atoms with Crippen LogP contribution >= 0.6 is 0 Å². The molecule has 0 atom stereocenters. The summed E-state index contributed by atoms with van der Waals surface area (Å²) < 4.78 is 0. The van der Waals surface area contributed by atoms with Crippen molar-refractivity contribution < 1.29 is 0 Å². The Bertz CT molecular complexity index is 156. The average molecular weight is 196 g/mol. The first-order valence-electron chi connectivity index (χ1n) is 6.40. The summed E-state index contributed by atoms with van der Waals surface area (Å²) in [6, 6.07) is 0. The zero-order chi connectivity index (χ0) is 9.80. The zero-order valence-corrected chi connectivity index (χ0v) is 9.54. The van der Waals surface area contributed by atoms with Crippen LogP contribution in [0.5, 0.6) is 0 Å². The summed E-state index contributed by atoms with van der Waals surface area (Å²) in [6.07, 6.45) is 8.50. The van der Waals surface area contributed by atoms with Gasteiger partial charge in [0.15, 0.2) is 0 Å². The number of hydrogen-bond acceptors (Lipinski definition) is 2. The second-order valence-electron chi connectivity index (χ2n) is 4.82. The molecule has 0 N–H and O–H groups in total. The summed E-state index contributed by atoms with van der Waals surface area (Å²) in [5, 5.41) is 5.22. The highest BCUT2D eigenvalue weighted by Gasteiger charge is 2.23. The van der Waals surface area contributed by atoms with Crippen molar-refractivity contribution in [3.63, 3.8) is 0 Å². The average Bonchev–Trinajstić information content (AvgIpc) is 2.30. The summed E-state index contributed by atoms with van der Waals surface area (Å²) in [4.78, 5) is 0. The standard InChI is InChI=1S/C12H24N2/c1-2-12-6-10-14(11-7-12)13-8-4-3-5-9-13/h12H,2-11H2,1H3. The number of piperidine rings is 2. The van der Waals surface area contributed by atoms with Crippen molar-refractivity contribution in [3.8, 4) is 0 Å². The summed E-state index contributed by atoms with van der Waals surface area (Å²) in [7, 11) is 0. The molecular weight excluding hydrogens is 172 g/mol. The minimum absolute atomic E-state index is 1.01. The third-order valence-corrected chi connectivity index (χ3v) is 3.90. The highest BCUT2D eigenvalue weighted by molar-refractivity contribution is 4.72. The maximum absolute atomic E-state index is 2.62. The van der Waals surface area contributed by atoms with Crippen LogP contribution < -0.4 is 0 Å². The summed E-state index contributed by atoms with van der Waals surface area (Å²) in [6.45, 7) is 7.60. The van der Waals surface area contributed by atoms with E-state index in [0.717, 1.165) is 5.92 Å². The van der Waals surface area contributed by atoms with Crippen LogP contribution in [0.25, 0.3) is 0 Å². The molecule has 0 aromatic heterocycles. The number of hydrogen-bond donors (Lipinski definition) is 0. The Morgan fingerprint density at radius 1 is 0.857 bits per heavy atom. The van der Waals surface area contributed by atoms with Gasteiger partial charge in [0.2, 0.25) is 0 Å². The molecule has 2 rings (SSSR count). The molecule has 2 fully saturated rings. The predicted molar refractivity (Wildman–Crippen MR) is 60.0 cm³/mol. The van der Waals surface area contributed by atoms with Gasteiger partial charge in [0.05, 0.1) is 0 Å². The van der Waals surface area contributed by atoms with Crippen molar-refractivity contribution in [1.29, 1.82) is 0 Å². The second kappa shape index (κ2) is 5.13. The molecule has 2 heteroatoms. The topological polar surface area (TPSA) is 6.48 Å². The Hall–Kier alpha value is -0.0800. The lowest BCUT2D eigenvalue weighted by Gasteiger charge is -2.41. The minimum atomic E-state index is 1.01. The monoisotopic (exact) mass is 196 g/mol. The number of nitrogens with zero attached hydrogens (tertiary/aromatic N) is 2. The van der Waals surface area contributed by atoms with Crippen LogP contribution in [0.15, 0.2) is 0 Å². The minimum Gasteiger partial charge on any atom is -0.242 e. The molecule has 0 spiro atoms. The van der Waals surface area contributed by atoms with Gasteiger partial charge in [-0.3, -0.25) is 0 Å². The van der Waals surface area contributed by atoms with Gasteiger partial charge in [-0.2, -0.15) is 0 Å². The smallest absolute Gasteiger partial charge is 0.0136 e. The van der Waals surface area contributed by atoms with Crippen LogP contribution in [0, 0.1) is 5.92 Å². The summed E-state index contributed by atoms with van der Waals surface area (Å²) in [5.74, 6) is 1.01. The Morgan fingerprint density at radius 3 is 2.00 bits per heavy atom. The van der Waals surface area contributed by atoms with Gasteiger partial charge in [0.25, 0.3) is 0 Å². The zero-order valence-electron chi connectivity index (χ0n) is 9.54. The fraction of sp³-hybridized carbons (Fsp3) is 1.00. The van der Waals surface area contributed by atoms with E-state index in [0.29, 0.717) is 0 Å². The lowest BCUT2D eigenvalue weighted by Crippen LogP contribution is -2.49. The van der Waals surface area contributed by atoms with Gasteiger partial charge in [0, 0.05) is 26.2 Å². The Morgan fingerprint density at radius 2 is 1.43 bits per heavy atom. The van der Waals surface area contributed by atoms with E-state index in [2.05, 4.69) is 16.9 Å². The molecule has 0 unspecified atom stereocenters. The van der Waals surface area contributed by atoms with Gasteiger partial charge in [-0.25, -0.2) is 10.0 Å². The third kappa shape index (κ3) is 2.48. The SMILES string of the molecule is CCC1CCN(N2CCCCC2)CC1. The molecule has 14 heavy (non-hydrogen) atoms. The van der Waals surface area contributed by atoms with Gasteiger partial charge in [0.1, 0.15) is 0 Å². The van der Waals surface area contributed by atoms with Gasteiger partial charge in [-0.15, -0.1) is 0 Å². The fourth-order valence-electron chi connectivity index (χ4n) is 2.77. The van der Waals surface area contributed by atoms with Gasteiger partial charge in [-0.05, 0) is 31.6 Å². The first-order valence-corrected chi connectivity index (χ1v) is 6.40. The van der Waals surface area contributed by atoms with Gasteiger partial charge < -0.3 is 0 Å². The summed E-state index contributed by atoms with van der Waals surface area (Å²) >= 11 is 0. The maximum atomic E-state index is 2.62. The van der Waals surface area contributed by atoms with E-state index >= 15 is 0 Å². The highest BCUT2D eigenvalue weighted by atomic mass is 15.6. The Balaban J connectivity index is 1.76. The number of rotatable bonds is 2. The molecule has 2 aliphatic heterocycles. The van der Waals surface area contributed by atoms with Gasteiger partial charge in [-0.1, -0.05) is 19.8 Å². The van der Waals surface area contributed by atoms with E-state index in [1.165, 1.54) is 64.7 Å². The normalized spacial score (nSPS) is 28.1. The molecule has 0 radical (unpaired) electrons. The van der Waals surface area contributed by atoms with Crippen molar-refractivity contribution in [3.05, 3.63) is 0 Å². The molecule has 0 aromatic carbocycles. The van der Waals surface area contributed by atoms with E-state index in [1.807, 2.05) is 0 Å². The molecule has 2 nitrogen and oxygen atoms in total. The molecule has 0 aliphatic carbocycles. The first kappa shape index (κ1) is 10.4. The molecule has 0 amide bonds. The van der Waals surface area contributed by atoms with Crippen molar-refractivity contribution in [2.75, 3.05) is 26.2 Å². The Labute approximate surface area is 88.2 Å². The highest BCUT2D eigenvalue weighted by Crippen LogP contribution is 2.22. The van der Waals surface area contributed by atoms with Crippen LogP contribution in [0.3, 0.4) is 0 Å². The predicted octanol–water partition coefficient (Wildman–Crippen LogP) is 2.51. The maximum Gasteiger partial charge on any atom is 0.0136 e. The van der Waals surface area contributed by atoms with Crippen LogP contribution in [0.1, 0.15) is 45.4 Å². The van der Waals surface area contributed by atoms with E-state index in [4.69, 9.17) is 0 Å². The Kier molecular flexibility index (Phi) is 3.82. The van der Waals surface area contributed by atoms with E-state index < -0.39 is 0 Å². The molecule has 82 valence electrons. The lowest BCUT2D eigenvalue weighted by atomic mass is 9.95. The molecule has 0 saturated carbocycles. The van der Waals surface area contributed by atoms with Crippen LogP contribution in [-0.4, -0.2) is 36.2 Å². The largest absolute Gasteiger partial charge is 0.242 e. The fourth-order valence-corrected chi connectivity index (χ4v) is 2.77. The molecule has 0 bridgehead atoms. The quantitative estimate of drug-likeness (QED) is 0.669. The van der Waals surface area contributed by atoms with Crippen LogP contribution in [0.2, 0.25) is 0 Å². The molecule has 2 saturated heterocycles. The van der Waals surface area contributed by atoms with Crippen molar-refractivity contribution in [1.82, 2.24) is 10.0 Å². The second-order valence-corrected chi connectivity index (χ2v) is 4.82. The van der Waals surface area contributed by atoms with Crippen molar-refractivity contribution >= 4 is 0 Å². The van der Waals surface area contributed by atoms with Crippen LogP contribution in [0.4, 0.5) is 0 Å². The van der Waals surface area contributed by atoms with E-state index in [9.17, 15) is 0 Å². The molecule has 2 aliphatic rings. The van der Waals surface area contributed by atoms with E-state index in [-0.39, 0.29) is 0 Å². The first-order chi connectivity index (χ1) is 6.90.